The maximum atomic E-state index is 13.3. The molecule has 108 valence electrons. The molecule has 0 aliphatic heterocycles. The van der Waals surface area contributed by atoms with Crippen LogP contribution in [0.1, 0.15) is 6.92 Å². The molecule has 0 aromatic heterocycles. The van der Waals surface area contributed by atoms with Gasteiger partial charge in [-0.15, -0.1) is 0 Å². The van der Waals surface area contributed by atoms with Gasteiger partial charge in [0, 0.05) is 25.8 Å². The summed E-state index contributed by atoms with van der Waals surface area (Å²) in [4.78, 5) is 0. The Hall–Kier alpha value is -1.63. The van der Waals surface area contributed by atoms with E-state index in [1.54, 1.807) is 7.11 Å². The lowest BCUT2D eigenvalue weighted by molar-refractivity contribution is -0.0521. The number of anilines is 2. The number of alkyl halides is 2. The fraction of sp³-hybridized carbons (Fsp3) is 0.500. The monoisotopic (exact) mass is 278 g/mol. The smallest absolute Gasteiger partial charge is 0.387 e. The van der Waals surface area contributed by atoms with Gasteiger partial charge in [0.15, 0.2) is 11.6 Å². The molecular formula is C12H17F3N2O2. The zero-order valence-electron chi connectivity index (χ0n) is 10.8. The maximum Gasteiger partial charge on any atom is 0.387 e. The Bertz CT molecular complexity index is 416. The molecule has 0 aliphatic rings. The summed E-state index contributed by atoms with van der Waals surface area (Å²) in [5.41, 5.74) is 6.08. The van der Waals surface area contributed by atoms with Crippen molar-refractivity contribution in [3.05, 3.63) is 17.9 Å². The lowest BCUT2D eigenvalue weighted by atomic mass is 10.2. The summed E-state index contributed by atoms with van der Waals surface area (Å²) in [6.07, 6.45) is 0. The van der Waals surface area contributed by atoms with E-state index in [2.05, 4.69) is 10.1 Å². The Morgan fingerprint density at radius 1 is 1.37 bits per heavy atom. The summed E-state index contributed by atoms with van der Waals surface area (Å²) in [5, 5.41) is 2.94. The number of nitrogens with one attached hydrogen (secondary N) is 1. The van der Waals surface area contributed by atoms with Gasteiger partial charge < -0.3 is 20.5 Å². The second-order valence-electron chi connectivity index (χ2n) is 4.19. The Kier molecular flexibility index (Phi) is 5.75. The first-order valence-electron chi connectivity index (χ1n) is 5.70. The van der Waals surface area contributed by atoms with Crippen LogP contribution in [0.4, 0.5) is 24.5 Å². The third-order valence-electron chi connectivity index (χ3n) is 2.41. The average Bonchev–Trinajstić information content (AvgIpc) is 2.31. The van der Waals surface area contributed by atoms with Crippen LogP contribution in [0, 0.1) is 11.7 Å². The standard InChI is InChI=1S/C12H17F3N2O2/c1-7(6-18-2)5-17-10-4-11(19-12(14)15)8(13)3-9(10)16/h3-4,7,12,17H,5-6,16H2,1-2H3. The predicted molar refractivity (Wildman–Crippen MR) is 67.0 cm³/mol. The van der Waals surface area contributed by atoms with Crippen molar-refractivity contribution >= 4 is 11.4 Å². The number of benzene rings is 1. The predicted octanol–water partition coefficient (Wildman–Crippen LogP) is 2.70. The first kappa shape index (κ1) is 15.4. The van der Waals surface area contributed by atoms with Crippen molar-refractivity contribution in [2.75, 3.05) is 31.3 Å². The molecule has 1 rings (SSSR count). The molecule has 0 radical (unpaired) electrons. The molecule has 0 saturated heterocycles. The summed E-state index contributed by atoms with van der Waals surface area (Å²) in [7, 11) is 1.58. The molecule has 7 heteroatoms. The van der Waals surface area contributed by atoms with Gasteiger partial charge in [-0.05, 0) is 5.92 Å². The minimum absolute atomic E-state index is 0.128. The third kappa shape index (κ3) is 4.86. The number of rotatable bonds is 7. The van der Waals surface area contributed by atoms with Gasteiger partial charge in [0.2, 0.25) is 0 Å². The van der Waals surface area contributed by atoms with Crippen LogP contribution in [0.15, 0.2) is 12.1 Å². The number of halogens is 3. The molecule has 0 heterocycles. The van der Waals surface area contributed by atoms with Gasteiger partial charge in [0.05, 0.1) is 18.0 Å². The fourth-order valence-electron chi connectivity index (χ4n) is 1.54. The minimum Gasteiger partial charge on any atom is -0.432 e. The molecule has 1 aromatic carbocycles. The van der Waals surface area contributed by atoms with Crippen LogP contribution in [0.5, 0.6) is 5.75 Å². The van der Waals surface area contributed by atoms with Crippen LogP contribution in [0.3, 0.4) is 0 Å². The van der Waals surface area contributed by atoms with Gasteiger partial charge in [0.1, 0.15) is 0 Å². The number of nitrogens with two attached hydrogens (primary N) is 1. The molecule has 19 heavy (non-hydrogen) atoms. The molecule has 0 amide bonds. The Balaban J connectivity index is 2.77. The molecule has 3 N–H and O–H groups in total. The number of hydrogen-bond donors (Lipinski definition) is 2. The van der Waals surface area contributed by atoms with Crippen LogP contribution < -0.4 is 15.8 Å². The summed E-state index contributed by atoms with van der Waals surface area (Å²) in [6.45, 7) is -0.0996. The summed E-state index contributed by atoms with van der Waals surface area (Å²) < 4.78 is 46.5. The molecule has 1 unspecified atom stereocenters. The van der Waals surface area contributed by atoms with Gasteiger partial charge in [-0.1, -0.05) is 6.92 Å². The van der Waals surface area contributed by atoms with Crippen molar-refractivity contribution in [2.45, 2.75) is 13.5 Å². The first-order chi connectivity index (χ1) is 8.93. The van der Waals surface area contributed by atoms with Crippen LogP contribution in [-0.4, -0.2) is 26.9 Å². The molecule has 0 bridgehead atoms. The van der Waals surface area contributed by atoms with E-state index in [1.807, 2.05) is 6.92 Å². The van der Waals surface area contributed by atoms with E-state index in [1.165, 1.54) is 0 Å². The van der Waals surface area contributed by atoms with Gasteiger partial charge in [-0.2, -0.15) is 8.78 Å². The average molecular weight is 278 g/mol. The largest absolute Gasteiger partial charge is 0.432 e. The van der Waals surface area contributed by atoms with Crippen molar-refractivity contribution in [3.63, 3.8) is 0 Å². The van der Waals surface area contributed by atoms with Crippen LogP contribution in [0.25, 0.3) is 0 Å². The fourth-order valence-corrected chi connectivity index (χ4v) is 1.54. The van der Waals surface area contributed by atoms with Crippen molar-refractivity contribution in [1.29, 1.82) is 0 Å². The number of nitrogen functional groups attached to an aromatic ring is 1. The molecular weight excluding hydrogens is 261 g/mol. The Morgan fingerprint density at radius 3 is 2.63 bits per heavy atom. The van der Waals surface area contributed by atoms with E-state index in [9.17, 15) is 13.2 Å². The Morgan fingerprint density at radius 2 is 2.05 bits per heavy atom. The number of hydrogen-bond acceptors (Lipinski definition) is 4. The zero-order valence-corrected chi connectivity index (χ0v) is 10.8. The molecule has 1 aromatic rings. The molecule has 0 fully saturated rings. The van der Waals surface area contributed by atoms with Crippen molar-refractivity contribution in [2.24, 2.45) is 5.92 Å². The van der Waals surface area contributed by atoms with Crippen LogP contribution in [0.2, 0.25) is 0 Å². The number of ether oxygens (including phenoxy) is 2. The van der Waals surface area contributed by atoms with E-state index in [4.69, 9.17) is 10.5 Å². The summed E-state index contributed by atoms with van der Waals surface area (Å²) in [5.74, 6) is -1.27. The number of methoxy groups -OCH3 is 1. The summed E-state index contributed by atoms with van der Waals surface area (Å²) in [6, 6.07) is 2.07. The van der Waals surface area contributed by atoms with Gasteiger partial charge in [-0.25, -0.2) is 4.39 Å². The topological polar surface area (TPSA) is 56.5 Å². The Labute approximate surface area is 109 Å². The van der Waals surface area contributed by atoms with Gasteiger partial charge in [0.25, 0.3) is 0 Å². The zero-order chi connectivity index (χ0) is 14.4. The van der Waals surface area contributed by atoms with Crippen LogP contribution in [-0.2, 0) is 4.74 Å². The minimum atomic E-state index is -3.08. The van der Waals surface area contributed by atoms with E-state index >= 15 is 0 Å². The molecule has 0 aliphatic carbocycles. The normalized spacial score (nSPS) is 12.5. The van der Waals surface area contributed by atoms with E-state index in [0.29, 0.717) is 18.8 Å². The van der Waals surface area contributed by atoms with Crippen molar-refractivity contribution in [1.82, 2.24) is 0 Å². The van der Waals surface area contributed by atoms with E-state index in [-0.39, 0.29) is 11.6 Å². The second kappa shape index (κ2) is 7.08. The second-order valence-corrected chi connectivity index (χ2v) is 4.19. The van der Waals surface area contributed by atoms with E-state index < -0.39 is 18.2 Å². The van der Waals surface area contributed by atoms with E-state index in [0.717, 1.165) is 12.1 Å². The molecule has 0 spiro atoms. The quantitative estimate of drug-likeness (QED) is 0.753. The third-order valence-corrected chi connectivity index (χ3v) is 2.41. The van der Waals surface area contributed by atoms with Crippen molar-refractivity contribution in [3.8, 4) is 5.75 Å². The maximum absolute atomic E-state index is 13.3. The molecule has 1 atom stereocenters. The summed E-state index contributed by atoms with van der Waals surface area (Å²) >= 11 is 0. The lowest BCUT2D eigenvalue weighted by Gasteiger charge is -2.15. The van der Waals surface area contributed by atoms with Crippen LogP contribution >= 0.6 is 0 Å². The molecule has 0 saturated carbocycles. The first-order valence-corrected chi connectivity index (χ1v) is 5.70. The lowest BCUT2D eigenvalue weighted by Crippen LogP contribution is -2.16. The van der Waals surface area contributed by atoms with Gasteiger partial charge in [-0.3, -0.25) is 0 Å². The molecule has 4 nitrogen and oxygen atoms in total. The highest BCUT2D eigenvalue weighted by Crippen LogP contribution is 2.29. The highest BCUT2D eigenvalue weighted by Gasteiger charge is 2.13. The SMILES string of the molecule is COCC(C)CNc1cc(OC(F)F)c(F)cc1N. The highest BCUT2D eigenvalue weighted by atomic mass is 19.3. The van der Waals surface area contributed by atoms with Gasteiger partial charge >= 0.3 is 6.61 Å². The van der Waals surface area contributed by atoms with Crippen molar-refractivity contribution < 1.29 is 22.6 Å². The highest BCUT2D eigenvalue weighted by molar-refractivity contribution is 5.68.